The van der Waals surface area contributed by atoms with Gasteiger partial charge in [-0.3, -0.25) is 9.80 Å². The number of benzene rings is 2. The van der Waals surface area contributed by atoms with E-state index < -0.39 is 10.0 Å². The van der Waals surface area contributed by atoms with Crippen LogP contribution in [0.25, 0.3) is 0 Å². The zero-order valence-corrected chi connectivity index (χ0v) is 22.5. The average Bonchev–Trinajstić information content (AvgIpc) is 2.83. The van der Waals surface area contributed by atoms with Crippen molar-refractivity contribution in [3.63, 3.8) is 0 Å². The SMILES string of the molecule is C=C1CN(CCCCC)CCCN(Cc2ccccc2)CCCN(S(=O)(=O)c2ccc(C)cc2)C1. The fourth-order valence-corrected chi connectivity index (χ4v) is 6.21. The predicted octanol–water partition coefficient (Wildman–Crippen LogP) is 5.33. The fourth-order valence-electron chi connectivity index (χ4n) is 4.71. The van der Waals surface area contributed by atoms with Crippen molar-refractivity contribution < 1.29 is 8.42 Å². The number of sulfonamides is 1. The van der Waals surface area contributed by atoms with Gasteiger partial charge in [0.25, 0.3) is 0 Å². The summed E-state index contributed by atoms with van der Waals surface area (Å²) in [5.74, 6) is 0. The maximum atomic E-state index is 13.6. The van der Waals surface area contributed by atoms with Crippen LogP contribution in [0.5, 0.6) is 0 Å². The van der Waals surface area contributed by atoms with Gasteiger partial charge in [-0.05, 0) is 75.6 Å². The third kappa shape index (κ3) is 8.87. The van der Waals surface area contributed by atoms with Gasteiger partial charge in [0.1, 0.15) is 0 Å². The highest BCUT2D eigenvalue weighted by Crippen LogP contribution is 2.19. The van der Waals surface area contributed by atoms with Gasteiger partial charge in [0, 0.05) is 26.2 Å². The van der Waals surface area contributed by atoms with Crippen LogP contribution in [0.15, 0.2) is 71.6 Å². The molecule has 0 radical (unpaired) electrons. The minimum atomic E-state index is -3.58. The Bertz CT molecular complexity index is 1010. The standard InChI is InChI=1S/C29H43N3O2S/c1-4-5-9-18-30-19-10-20-31(25-28-12-7-6-8-13-28)21-11-22-32(24-27(3)23-30)35(33,34)29-16-14-26(2)15-17-29/h6-8,12-17H,3-5,9-11,18-25H2,1-2H3. The Morgan fingerprint density at radius 2 is 1.49 bits per heavy atom. The fraction of sp³-hybridized carbons (Fsp3) is 0.517. The average molecular weight is 498 g/mol. The van der Waals surface area contributed by atoms with Crippen molar-refractivity contribution in [3.05, 3.63) is 77.9 Å². The molecule has 1 fully saturated rings. The Balaban J connectivity index is 1.78. The summed E-state index contributed by atoms with van der Waals surface area (Å²) < 4.78 is 28.8. The molecule has 0 bridgehead atoms. The molecule has 0 amide bonds. The number of hydrogen-bond donors (Lipinski definition) is 0. The van der Waals surface area contributed by atoms with E-state index >= 15 is 0 Å². The molecule has 35 heavy (non-hydrogen) atoms. The topological polar surface area (TPSA) is 43.9 Å². The van der Waals surface area contributed by atoms with Crippen LogP contribution >= 0.6 is 0 Å². The largest absolute Gasteiger partial charge is 0.299 e. The van der Waals surface area contributed by atoms with Gasteiger partial charge in [-0.2, -0.15) is 4.31 Å². The first-order valence-corrected chi connectivity index (χ1v) is 14.5. The predicted molar refractivity (Wildman–Crippen MR) is 146 cm³/mol. The number of aryl methyl sites for hydroxylation is 1. The van der Waals surface area contributed by atoms with Crippen molar-refractivity contribution in [1.29, 1.82) is 0 Å². The Morgan fingerprint density at radius 3 is 2.17 bits per heavy atom. The van der Waals surface area contributed by atoms with E-state index in [-0.39, 0.29) is 0 Å². The second-order valence-corrected chi connectivity index (χ2v) is 11.8. The summed E-state index contributed by atoms with van der Waals surface area (Å²) >= 11 is 0. The Labute approximate surface area is 213 Å². The first-order chi connectivity index (χ1) is 16.9. The quantitative estimate of drug-likeness (QED) is 0.365. The van der Waals surface area contributed by atoms with Crippen molar-refractivity contribution in [2.75, 3.05) is 45.8 Å². The molecular formula is C29H43N3O2S. The van der Waals surface area contributed by atoms with Gasteiger partial charge in [0.15, 0.2) is 0 Å². The molecule has 192 valence electrons. The molecule has 2 aromatic carbocycles. The normalized spacial score (nSPS) is 18.2. The third-order valence-corrected chi connectivity index (χ3v) is 8.52. The first kappa shape index (κ1) is 27.6. The van der Waals surface area contributed by atoms with Crippen molar-refractivity contribution >= 4 is 10.0 Å². The van der Waals surface area contributed by atoms with Crippen molar-refractivity contribution in [2.24, 2.45) is 0 Å². The molecule has 2 aromatic rings. The van der Waals surface area contributed by atoms with Crippen LogP contribution in [0.3, 0.4) is 0 Å². The molecule has 1 heterocycles. The van der Waals surface area contributed by atoms with Crippen LogP contribution in [0.4, 0.5) is 0 Å². The zero-order valence-electron chi connectivity index (χ0n) is 21.7. The van der Waals surface area contributed by atoms with Gasteiger partial charge in [-0.25, -0.2) is 8.42 Å². The van der Waals surface area contributed by atoms with E-state index in [9.17, 15) is 8.42 Å². The summed E-state index contributed by atoms with van der Waals surface area (Å²) in [6.45, 7) is 15.0. The monoisotopic (exact) mass is 497 g/mol. The summed E-state index contributed by atoms with van der Waals surface area (Å²) in [5.41, 5.74) is 3.33. The minimum Gasteiger partial charge on any atom is -0.299 e. The molecule has 0 saturated carbocycles. The van der Waals surface area contributed by atoms with Gasteiger partial charge in [-0.1, -0.05) is 74.4 Å². The molecule has 0 aliphatic carbocycles. The van der Waals surface area contributed by atoms with Gasteiger partial charge < -0.3 is 0 Å². The van der Waals surface area contributed by atoms with Crippen LogP contribution in [0.1, 0.15) is 50.2 Å². The van der Waals surface area contributed by atoms with Gasteiger partial charge in [0.05, 0.1) is 4.90 Å². The number of unbranched alkanes of at least 4 members (excludes halogenated alkanes) is 2. The minimum absolute atomic E-state index is 0.365. The lowest BCUT2D eigenvalue weighted by molar-refractivity contribution is 0.213. The molecule has 1 aliphatic heterocycles. The summed E-state index contributed by atoms with van der Waals surface area (Å²) in [5, 5.41) is 0. The van der Waals surface area contributed by atoms with Gasteiger partial charge >= 0.3 is 0 Å². The molecule has 5 nitrogen and oxygen atoms in total. The maximum absolute atomic E-state index is 13.6. The Morgan fingerprint density at radius 1 is 0.829 bits per heavy atom. The molecule has 0 N–H and O–H groups in total. The van der Waals surface area contributed by atoms with Crippen molar-refractivity contribution in [2.45, 2.75) is 57.4 Å². The van der Waals surface area contributed by atoms with Gasteiger partial charge in [-0.15, -0.1) is 0 Å². The molecular weight excluding hydrogens is 454 g/mol. The first-order valence-electron chi connectivity index (χ1n) is 13.1. The molecule has 0 aromatic heterocycles. The lowest BCUT2D eigenvalue weighted by Gasteiger charge is -2.31. The molecule has 1 aliphatic rings. The molecule has 0 spiro atoms. The van der Waals surface area contributed by atoms with Crippen LogP contribution in [-0.2, 0) is 16.6 Å². The van der Waals surface area contributed by atoms with Crippen molar-refractivity contribution in [1.82, 2.24) is 14.1 Å². The summed E-state index contributed by atoms with van der Waals surface area (Å²) in [6, 6.07) is 17.8. The maximum Gasteiger partial charge on any atom is 0.243 e. The lowest BCUT2D eigenvalue weighted by Crippen LogP contribution is -2.39. The van der Waals surface area contributed by atoms with E-state index in [4.69, 9.17) is 0 Å². The number of hydrogen-bond acceptors (Lipinski definition) is 4. The van der Waals surface area contributed by atoms with E-state index in [1.165, 1.54) is 24.8 Å². The van der Waals surface area contributed by atoms with Gasteiger partial charge in [0.2, 0.25) is 10.0 Å². The smallest absolute Gasteiger partial charge is 0.243 e. The summed E-state index contributed by atoms with van der Waals surface area (Å²) in [6.07, 6.45) is 5.49. The third-order valence-electron chi connectivity index (χ3n) is 6.66. The summed E-state index contributed by atoms with van der Waals surface area (Å²) in [7, 11) is -3.58. The Kier molecular flexibility index (Phi) is 11.0. The van der Waals surface area contributed by atoms with Crippen LogP contribution in [0, 0.1) is 6.92 Å². The molecule has 3 rings (SSSR count). The zero-order chi connectivity index (χ0) is 25.1. The highest BCUT2D eigenvalue weighted by atomic mass is 32.2. The molecule has 0 unspecified atom stereocenters. The lowest BCUT2D eigenvalue weighted by atomic mass is 10.1. The Hall–Kier alpha value is -1.99. The number of rotatable bonds is 8. The summed E-state index contributed by atoms with van der Waals surface area (Å²) in [4.78, 5) is 5.31. The number of nitrogens with zero attached hydrogens (tertiary/aromatic N) is 3. The van der Waals surface area contributed by atoms with Crippen LogP contribution in [0.2, 0.25) is 0 Å². The van der Waals surface area contributed by atoms with E-state index in [0.717, 1.165) is 63.2 Å². The van der Waals surface area contributed by atoms with E-state index in [0.29, 0.717) is 18.0 Å². The second-order valence-electron chi connectivity index (χ2n) is 9.85. The van der Waals surface area contributed by atoms with E-state index in [1.807, 2.05) is 19.1 Å². The molecule has 6 heteroatoms. The van der Waals surface area contributed by atoms with E-state index in [1.54, 1.807) is 16.4 Å². The van der Waals surface area contributed by atoms with Crippen LogP contribution < -0.4 is 0 Å². The van der Waals surface area contributed by atoms with Crippen molar-refractivity contribution in [3.8, 4) is 0 Å². The second kappa shape index (κ2) is 13.9. The molecule has 0 atom stereocenters. The van der Waals surface area contributed by atoms with E-state index in [2.05, 4.69) is 53.6 Å². The highest BCUT2D eigenvalue weighted by Gasteiger charge is 2.26. The molecule has 1 saturated heterocycles. The highest BCUT2D eigenvalue weighted by molar-refractivity contribution is 7.89. The van der Waals surface area contributed by atoms with Crippen LogP contribution in [-0.4, -0.2) is 68.3 Å².